The maximum Gasteiger partial charge on any atom is 0.256 e. The first-order valence-electron chi connectivity index (χ1n) is 4.57. The summed E-state index contributed by atoms with van der Waals surface area (Å²) in [4.78, 5) is 17.9. The number of aliphatic imine (C=N–C) groups is 1. The first-order valence-corrected chi connectivity index (χ1v) is 4.57. The van der Waals surface area contributed by atoms with Crippen LogP contribution in [0.5, 0.6) is 0 Å². The van der Waals surface area contributed by atoms with Crippen molar-refractivity contribution < 1.29 is 4.79 Å². The molecule has 72 valence electrons. The average Bonchev–Trinajstić information content (AvgIpc) is 2.26. The Morgan fingerprint density at radius 1 is 1.36 bits per heavy atom. The first-order chi connectivity index (χ1) is 6.68. The molecule has 0 aromatic heterocycles. The fourth-order valence-corrected chi connectivity index (χ4v) is 1.61. The summed E-state index contributed by atoms with van der Waals surface area (Å²) >= 11 is 0. The van der Waals surface area contributed by atoms with Gasteiger partial charge in [0.15, 0.2) is 0 Å². The highest BCUT2D eigenvalue weighted by molar-refractivity contribution is 6.04. The molecule has 0 radical (unpaired) electrons. The Kier molecular flexibility index (Phi) is 2.08. The molecule has 0 N–H and O–H groups in total. The van der Waals surface area contributed by atoms with Crippen molar-refractivity contribution in [1.29, 1.82) is 0 Å². The monoisotopic (exact) mass is 188 g/mol. The van der Waals surface area contributed by atoms with Crippen LogP contribution in [0.1, 0.15) is 17.3 Å². The summed E-state index contributed by atoms with van der Waals surface area (Å²) < 4.78 is 0. The molecule has 0 atom stereocenters. The number of carbonyl (C=O) groups excluding carboxylic acids is 1. The SMILES string of the molecule is CC1=Nc2ccccc2C(=O)N(C)C1. The van der Waals surface area contributed by atoms with Crippen LogP contribution in [0, 0.1) is 0 Å². The largest absolute Gasteiger partial charge is 0.336 e. The minimum atomic E-state index is 0.0428. The number of hydrogen-bond donors (Lipinski definition) is 0. The van der Waals surface area contributed by atoms with Crippen LogP contribution in [0.15, 0.2) is 29.3 Å². The van der Waals surface area contributed by atoms with E-state index in [4.69, 9.17) is 0 Å². The third-order valence-corrected chi connectivity index (χ3v) is 2.26. The standard InChI is InChI=1S/C11H12N2O/c1-8-7-13(2)11(14)9-5-3-4-6-10(9)12-8/h3-6H,7H2,1-2H3. The van der Waals surface area contributed by atoms with Gasteiger partial charge in [0.2, 0.25) is 0 Å². The van der Waals surface area contributed by atoms with E-state index >= 15 is 0 Å². The summed E-state index contributed by atoms with van der Waals surface area (Å²) in [6.45, 7) is 2.54. The molecule has 1 aliphatic rings. The molecule has 1 aliphatic heterocycles. The summed E-state index contributed by atoms with van der Waals surface area (Å²) in [5.74, 6) is 0.0428. The number of benzene rings is 1. The van der Waals surface area contributed by atoms with E-state index in [9.17, 15) is 4.79 Å². The van der Waals surface area contributed by atoms with E-state index < -0.39 is 0 Å². The van der Waals surface area contributed by atoms with Crippen LogP contribution in [0.2, 0.25) is 0 Å². The lowest BCUT2D eigenvalue weighted by atomic mass is 10.1. The Morgan fingerprint density at radius 2 is 2.07 bits per heavy atom. The molecule has 0 aliphatic carbocycles. The van der Waals surface area contributed by atoms with Crippen LogP contribution in [-0.2, 0) is 0 Å². The van der Waals surface area contributed by atoms with E-state index in [2.05, 4.69) is 4.99 Å². The van der Waals surface area contributed by atoms with Crippen molar-refractivity contribution in [1.82, 2.24) is 4.90 Å². The van der Waals surface area contributed by atoms with E-state index in [0.717, 1.165) is 11.4 Å². The molecule has 3 heteroatoms. The molecule has 0 saturated carbocycles. The van der Waals surface area contributed by atoms with Crippen molar-refractivity contribution in [2.45, 2.75) is 6.92 Å². The zero-order chi connectivity index (χ0) is 10.1. The van der Waals surface area contributed by atoms with E-state index in [0.29, 0.717) is 12.1 Å². The predicted octanol–water partition coefficient (Wildman–Crippen LogP) is 1.86. The van der Waals surface area contributed by atoms with Crippen molar-refractivity contribution in [2.75, 3.05) is 13.6 Å². The number of carbonyl (C=O) groups is 1. The third-order valence-electron chi connectivity index (χ3n) is 2.26. The van der Waals surface area contributed by atoms with Crippen molar-refractivity contribution in [3.63, 3.8) is 0 Å². The Labute approximate surface area is 83.1 Å². The zero-order valence-corrected chi connectivity index (χ0v) is 8.32. The van der Waals surface area contributed by atoms with Gasteiger partial charge in [-0.1, -0.05) is 12.1 Å². The summed E-state index contributed by atoms with van der Waals surface area (Å²) in [7, 11) is 1.80. The van der Waals surface area contributed by atoms with Crippen LogP contribution >= 0.6 is 0 Å². The molecular formula is C11H12N2O. The first kappa shape index (κ1) is 8.94. The summed E-state index contributed by atoms with van der Waals surface area (Å²) in [5.41, 5.74) is 2.43. The summed E-state index contributed by atoms with van der Waals surface area (Å²) in [6.07, 6.45) is 0. The van der Waals surface area contributed by atoms with E-state index in [1.54, 1.807) is 11.9 Å². The third kappa shape index (κ3) is 1.41. The molecule has 0 bridgehead atoms. The lowest BCUT2D eigenvalue weighted by Crippen LogP contribution is -2.29. The quantitative estimate of drug-likeness (QED) is 0.611. The fourth-order valence-electron chi connectivity index (χ4n) is 1.61. The molecule has 14 heavy (non-hydrogen) atoms. The van der Waals surface area contributed by atoms with Crippen molar-refractivity contribution in [3.05, 3.63) is 29.8 Å². The lowest BCUT2D eigenvalue weighted by Gasteiger charge is -2.13. The van der Waals surface area contributed by atoms with E-state index in [-0.39, 0.29) is 5.91 Å². The van der Waals surface area contributed by atoms with Crippen LogP contribution in [0.25, 0.3) is 0 Å². The molecule has 0 unspecified atom stereocenters. The minimum Gasteiger partial charge on any atom is -0.336 e. The number of hydrogen-bond acceptors (Lipinski definition) is 2. The van der Waals surface area contributed by atoms with Crippen LogP contribution < -0.4 is 0 Å². The molecule has 1 aromatic carbocycles. The van der Waals surface area contributed by atoms with Gasteiger partial charge in [-0.25, -0.2) is 0 Å². The van der Waals surface area contributed by atoms with E-state index in [1.807, 2.05) is 31.2 Å². The lowest BCUT2D eigenvalue weighted by molar-refractivity contribution is 0.0817. The van der Waals surface area contributed by atoms with Crippen LogP contribution in [0.3, 0.4) is 0 Å². The molecule has 0 saturated heterocycles. The Balaban J connectivity index is 2.58. The Hall–Kier alpha value is -1.64. The number of para-hydroxylation sites is 1. The predicted molar refractivity (Wildman–Crippen MR) is 56.2 cm³/mol. The second kappa shape index (κ2) is 3.25. The van der Waals surface area contributed by atoms with Crippen molar-refractivity contribution in [2.24, 2.45) is 4.99 Å². The molecule has 1 amide bonds. The molecule has 0 spiro atoms. The summed E-state index contributed by atoms with van der Waals surface area (Å²) in [5, 5.41) is 0. The van der Waals surface area contributed by atoms with Gasteiger partial charge >= 0.3 is 0 Å². The normalized spacial score (nSPS) is 16.0. The Bertz CT molecular complexity index is 410. The smallest absolute Gasteiger partial charge is 0.256 e. The van der Waals surface area contributed by atoms with Gasteiger partial charge in [-0.2, -0.15) is 0 Å². The number of amides is 1. The number of fused-ring (bicyclic) bond motifs is 1. The van der Waals surface area contributed by atoms with Gasteiger partial charge < -0.3 is 4.90 Å². The van der Waals surface area contributed by atoms with Gasteiger partial charge in [-0.3, -0.25) is 9.79 Å². The fraction of sp³-hybridized carbons (Fsp3) is 0.273. The highest BCUT2D eigenvalue weighted by Gasteiger charge is 2.18. The highest BCUT2D eigenvalue weighted by Crippen LogP contribution is 2.22. The van der Waals surface area contributed by atoms with Gasteiger partial charge in [-0.15, -0.1) is 0 Å². The van der Waals surface area contributed by atoms with Gasteiger partial charge in [-0.05, 0) is 19.1 Å². The maximum absolute atomic E-state index is 11.8. The number of rotatable bonds is 0. The Morgan fingerprint density at radius 3 is 2.86 bits per heavy atom. The molecule has 2 rings (SSSR count). The topological polar surface area (TPSA) is 32.7 Å². The molecular weight excluding hydrogens is 176 g/mol. The van der Waals surface area contributed by atoms with Crippen molar-refractivity contribution >= 4 is 17.3 Å². The van der Waals surface area contributed by atoms with Gasteiger partial charge in [0.1, 0.15) is 0 Å². The van der Waals surface area contributed by atoms with Crippen LogP contribution in [-0.4, -0.2) is 30.1 Å². The minimum absolute atomic E-state index is 0.0428. The average molecular weight is 188 g/mol. The van der Waals surface area contributed by atoms with E-state index in [1.165, 1.54) is 0 Å². The molecule has 0 fully saturated rings. The highest BCUT2D eigenvalue weighted by atomic mass is 16.2. The molecule has 1 aromatic rings. The molecule has 3 nitrogen and oxygen atoms in total. The second-order valence-electron chi connectivity index (χ2n) is 3.53. The zero-order valence-electron chi connectivity index (χ0n) is 8.32. The summed E-state index contributed by atoms with van der Waals surface area (Å²) in [6, 6.07) is 7.45. The second-order valence-corrected chi connectivity index (χ2v) is 3.53. The number of nitrogens with zero attached hydrogens (tertiary/aromatic N) is 2. The van der Waals surface area contributed by atoms with Gasteiger partial charge in [0.25, 0.3) is 5.91 Å². The molecule has 1 heterocycles. The maximum atomic E-state index is 11.8. The van der Waals surface area contributed by atoms with Crippen molar-refractivity contribution in [3.8, 4) is 0 Å². The van der Waals surface area contributed by atoms with Gasteiger partial charge in [0.05, 0.1) is 17.8 Å². The van der Waals surface area contributed by atoms with Gasteiger partial charge in [0, 0.05) is 12.8 Å². The van der Waals surface area contributed by atoms with Crippen LogP contribution in [0.4, 0.5) is 5.69 Å².